The van der Waals surface area contributed by atoms with Crippen molar-refractivity contribution >= 4 is 17.6 Å². The van der Waals surface area contributed by atoms with Gasteiger partial charge in [0.05, 0.1) is 5.41 Å². The van der Waals surface area contributed by atoms with Gasteiger partial charge in [-0.3, -0.25) is 9.79 Å². The number of nitrogens with one attached hydrogen (secondary N) is 2. The van der Waals surface area contributed by atoms with E-state index in [1.807, 2.05) is 28.2 Å². The third-order valence-electron chi connectivity index (χ3n) is 5.13. The van der Waals surface area contributed by atoms with E-state index in [9.17, 15) is 4.79 Å². The second-order valence-electron chi connectivity index (χ2n) is 7.53. The summed E-state index contributed by atoms with van der Waals surface area (Å²) in [7, 11) is 9.52. The Balaban J connectivity index is 1.95. The minimum absolute atomic E-state index is 0.219. The molecular formula is C20H33N5O. The number of carbonyl (C=O) groups is 1. The zero-order valence-electron chi connectivity index (χ0n) is 16.8. The first-order valence-corrected chi connectivity index (χ1v) is 9.30. The van der Waals surface area contributed by atoms with Crippen molar-refractivity contribution in [3.8, 4) is 0 Å². The van der Waals surface area contributed by atoms with Crippen molar-refractivity contribution < 1.29 is 4.79 Å². The summed E-state index contributed by atoms with van der Waals surface area (Å²) in [5.74, 6) is 0.953. The van der Waals surface area contributed by atoms with Crippen LogP contribution in [0.15, 0.2) is 29.3 Å². The van der Waals surface area contributed by atoms with E-state index in [4.69, 9.17) is 0 Å². The molecule has 0 spiro atoms. The molecule has 1 fully saturated rings. The Hall–Kier alpha value is -2.24. The molecule has 6 nitrogen and oxygen atoms in total. The Labute approximate surface area is 157 Å². The SMILES string of the molecule is CN=C(NCc1cccc(N(C)C)c1)NCC1(C(=O)N(C)C)CCCC1. The summed E-state index contributed by atoms with van der Waals surface area (Å²) in [6, 6.07) is 8.41. The highest BCUT2D eigenvalue weighted by molar-refractivity contribution is 5.85. The predicted octanol–water partition coefficient (Wildman–Crippen LogP) is 2.07. The number of guanidine groups is 1. The highest BCUT2D eigenvalue weighted by Crippen LogP contribution is 2.38. The molecule has 1 aliphatic carbocycles. The summed E-state index contributed by atoms with van der Waals surface area (Å²) >= 11 is 0. The zero-order valence-corrected chi connectivity index (χ0v) is 16.8. The molecule has 144 valence electrons. The molecule has 0 unspecified atom stereocenters. The monoisotopic (exact) mass is 359 g/mol. The maximum Gasteiger partial charge on any atom is 0.230 e. The number of anilines is 1. The topological polar surface area (TPSA) is 60.0 Å². The molecule has 2 rings (SSSR count). The first-order chi connectivity index (χ1) is 12.4. The van der Waals surface area contributed by atoms with E-state index >= 15 is 0 Å². The van der Waals surface area contributed by atoms with Crippen molar-refractivity contribution in [1.29, 1.82) is 0 Å². The third kappa shape index (κ3) is 4.90. The van der Waals surface area contributed by atoms with Gasteiger partial charge in [-0.1, -0.05) is 25.0 Å². The fourth-order valence-corrected chi connectivity index (χ4v) is 3.60. The summed E-state index contributed by atoms with van der Waals surface area (Å²) in [4.78, 5) is 20.8. The maximum atomic E-state index is 12.7. The van der Waals surface area contributed by atoms with Crippen LogP contribution in [0.3, 0.4) is 0 Å². The molecule has 1 saturated carbocycles. The number of carbonyl (C=O) groups excluding carboxylic acids is 1. The van der Waals surface area contributed by atoms with Gasteiger partial charge in [0, 0.05) is 54.0 Å². The molecule has 0 radical (unpaired) electrons. The fourth-order valence-electron chi connectivity index (χ4n) is 3.60. The fraction of sp³-hybridized carbons (Fsp3) is 0.600. The van der Waals surface area contributed by atoms with Crippen LogP contribution in [0.5, 0.6) is 0 Å². The average Bonchev–Trinajstić information content (AvgIpc) is 3.11. The Bertz CT molecular complexity index is 633. The molecule has 6 heteroatoms. The molecule has 0 atom stereocenters. The number of amides is 1. The van der Waals surface area contributed by atoms with E-state index in [0.717, 1.165) is 31.6 Å². The highest BCUT2D eigenvalue weighted by Gasteiger charge is 2.42. The summed E-state index contributed by atoms with van der Waals surface area (Å²) in [5, 5.41) is 6.73. The Morgan fingerprint density at radius 2 is 1.85 bits per heavy atom. The maximum absolute atomic E-state index is 12.7. The standard InChI is InChI=1S/C20H33N5O/c1-21-19(22-14-16-9-8-10-17(13-16)24(2)3)23-15-20(11-6-7-12-20)18(26)25(4)5/h8-10,13H,6-7,11-12,14-15H2,1-5H3,(H2,21,22,23). The number of aliphatic imine (C=N–C) groups is 1. The number of benzene rings is 1. The van der Waals surface area contributed by atoms with E-state index in [2.05, 4.69) is 44.8 Å². The molecular weight excluding hydrogens is 326 g/mol. The van der Waals surface area contributed by atoms with Gasteiger partial charge in [0.1, 0.15) is 0 Å². The Morgan fingerprint density at radius 1 is 1.15 bits per heavy atom. The Morgan fingerprint density at radius 3 is 2.42 bits per heavy atom. The number of nitrogens with zero attached hydrogens (tertiary/aromatic N) is 3. The molecule has 1 aromatic rings. The zero-order chi connectivity index (χ0) is 19.2. The van der Waals surface area contributed by atoms with Crippen LogP contribution < -0.4 is 15.5 Å². The van der Waals surface area contributed by atoms with E-state index < -0.39 is 0 Å². The van der Waals surface area contributed by atoms with Crippen molar-refractivity contribution in [3.63, 3.8) is 0 Å². The number of hydrogen-bond acceptors (Lipinski definition) is 3. The average molecular weight is 360 g/mol. The van der Waals surface area contributed by atoms with Gasteiger partial charge in [0.15, 0.2) is 5.96 Å². The number of rotatable bonds is 6. The molecule has 2 N–H and O–H groups in total. The van der Waals surface area contributed by atoms with Crippen LogP contribution in [0.1, 0.15) is 31.2 Å². The van der Waals surface area contributed by atoms with Gasteiger partial charge >= 0.3 is 0 Å². The minimum Gasteiger partial charge on any atom is -0.378 e. The Kier molecular flexibility index (Phi) is 6.89. The molecule has 1 aromatic carbocycles. The van der Waals surface area contributed by atoms with Crippen molar-refractivity contribution in [2.75, 3.05) is 46.7 Å². The largest absolute Gasteiger partial charge is 0.378 e. The molecule has 1 amide bonds. The lowest BCUT2D eigenvalue weighted by Crippen LogP contribution is -2.49. The molecule has 0 aliphatic heterocycles. The van der Waals surface area contributed by atoms with Gasteiger partial charge in [0.2, 0.25) is 5.91 Å². The molecule has 26 heavy (non-hydrogen) atoms. The van der Waals surface area contributed by atoms with E-state index in [1.54, 1.807) is 11.9 Å². The van der Waals surface area contributed by atoms with Crippen molar-refractivity contribution in [1.82, 2.24) is 15.5 Å². The van der Waals surface area contributed by atoms with E-state index in [-0.39, 0.29) is 11.3 Å². The normalized spacial score (nSPS) is 16.3. The second-order valence-corrected chi connectivity index (χ2v) is 7.53. The van der Waals surface area contributed by atoms with Crippen LogP contribution in [0.2, 0.25) is 0 Å². The van der Waals surface area contributed by atoms with Crippen LogP contribution in [0, 0.1) is 5.41 Å². The van der Waals surface area contributed by atoms with Crippen LogP contribution >= 0.6 is 0 Å². The number of hydrogen-bond donors (Lipinski definition) is 2. The van der Waals surface area contributed by atoms with Gasteiger partial charge in [-0.2, -0.15) is 0 Å². The van der Waals surface area contributed by atoms with E-state index in [0.29, 0.717) is 13.1 Å². The lowest BCUT2D eigenvalue weighted by molar-refractivity contribution is -0.138. The van der Waals surface area contributed by atoms with Crippen LogP contribution in [0.25, 0.3) is 0 Å². The van der Waals surface area contributed by atoms with Crippen LogP contribution in [-0.4, -0.2) is 58.5 Å². The van der Waals surface area contributed by atoms with Gasteiger partial charge in [-0.25, -0.2) is 0 Å². The van der Waals surface area contributed by atoms with Gasteiger partial charge in [0.25, 0.3) is 0 Å². The molecule has 0 bridgehead atoms. The molecule has 0 aromatic heterocycles. The summed E-state index contributed by atoms with van der Waals surface area (Å²) in [6.45, 7) is 1.32. The van der Waals surface area contributed by atoms with Gasteiger partial charge < -0.3 is 20.4 Å². The lowest BCUT2D eigenvalue weighted by atomic mass is 9.84. The first-order valence-electron chi connectivity index (χ1n) is 9.30. The van der Waals surface area contributed by atoms with Crippen molar-refractivity contribution in [2.24, 2.45) is 10.4 Å². The molecule has 0 saturated heterocycles. The summed E-state index contributed by atoms with van der Waals surface area (Å²) < 4.78 is 0. The van der Waals surface area contributed by atoms with Crippen molar-refractivity contribution in [3.05, 3.63) is 29.8 Å². The summed E-state index contributed by atoms with van der Waals surface area (Å²) in [5.41, 5.74) is 2.07. The molecule has 0 heterocycles. The quantitative estimate of drug-likeness (QED) is 0.603. The van der Waals surface area contributed by atoms with E-state index in [1.165, 1.54) is 11.3 Å². The first kappa shape index (κ1) is 20.1. The minimum atomic E-state index is -0.300. The third-order valence-corrected chi connectivity index (χ3v) is 5.13. The summed E-state index contributed by atoms with van der Waals surface area (Å²) in [6.07, 6.45) is 4.12. The van der Waals surface area contributed by atoms with Crippen LogP contribution in [-0.2, 0) is 11.3 Å². The highest BCUT2D eigenvalue weighted by atomic mass is 16.2. The lowest BCUT2D eigenvalue weighted by Gasteiger charge is -2.31. The second kappa shape index (κ2) is 8.92. The van der Waals surface area contributed by atoms with Gasteiger partial charge in [-0.15, -0.1) is 0 Å². The molecule has 1 aliphatic rings. The predicted molar refractivity (Wildman–Crippen MR) is 109 cm³/mol. The smallest absolute Gasteiger partial charge is 0.230 e. The van der Waals surface area contributed by atoms with Crippen molar-refractivity contribution in [2.45, 2.75) is 32.2 Å². The van der Waals surface area contributed by atoms with Gasteiger partial charge in [-0.05, 0) is 30.5 Å². The van der Waals surface area contributed by atoms with Crippen LogP contribution in [0.4, 0.5) is 5.69 Å².